The molecule has 4 N–H and O–H groups in total. The minimum atomic E-state index is -0.731. The first kappa shape index (κ1) is 16.4. The largest absolute Gasteiger partial charge is 0.371 e. The first-order valence-electron chi connectivity index (χ1n) is 7.29. The number of primary amides is 1. The average Bonchev–Trinajstić information content (AvgIpc) is 2.59. The lowest BCUT2D eigenvalue weighted by atomic mass is 9.93. The van der Waals surface area contributed by atoms with Crippen molar-refractivity contribution in [3.05, 3.63) is 60.5 Å². The molecule has 0 aromatic rings. The second-order valence-corrected chi connectivity index (χ2v) is 5.31. The highest BCUT2D eigenvalue weighted by Crippen LogP contribution is 2.21. The van der Waals surface area contributed by atoms with Gasteiger partial charge in [-0.1, -0.05) is 43.4 Å². The number of allylic oxidation sites excluding steroid dienone is 6. The van der Waals surface area contributed by atoms with Gasteiger partial charge in [-0.15, -0.1) is 6.42 Å². The summed E-state index contributed by atoms with van der Waals surface area (Å²) in [6.07, 6.45) is 15.7. The summed E-state index contributed by atoms with van der Waals surface area (Å²) in [5.74, 6) is 2.66. The maximum absolute atomic E-state index is 11.5. The molecule has 0 bridgehead atoms. The molecule has 1 aliphatic carbocycles. The zero-order valence-electron chi connectivity index (χ0n) is 12.9. The molecule has 0 spiro atoms. The van der Waals surface area contributed by atoms with E-state index in [-0.39, 0.29) is 0 Å². The molecule has 1 heterocycles. The van der Waals surface area contributed by atoms with E-state index in [1.54, 1.807) is 6.08 Å². The summed E-state index contributed by atoms with van der Waals surface area (Å²) in [6, 6.07) is -0.731. The van der Waals surface area contributed by atoms with Crippen LogP contribution < -0.4 is 16.4 Å². The molecule has 1 amide bonds. The van der Waals surface area contributed by atoms with Crippen molar-refractivity contribution in [3.63, 3.8) is 0 Å². The van der Waals surface area contributed by atoms with Crippen LogP contribution >= 0.6 is 0 Å². The molecule has 2 atom stereocenters. The van der Waals surface area contributed by atoms with Gasteiger partial charge in [-0.3, -0.25) is 4.79 Å². The summed E-state index contributed by atoms with van der Waals surface area (Å²) in [4.78, 5) is 15.7. The molecular formula is C18H20N4O. The van der Waals surface area contributed by atoms with Crippen LogP contribution in [0.3, 0.4) is 0 Å². The van der Waals surface area contributed by atoms with Gasteiger partial charge in [-0.25, -0.2) is 4.99 Å². The summed E-state index contributed by atoms with van der Waals surface area (Å²) < 4.78 is 0. The molecule has 0 aromatic heterocycles. The van der Waals surface area contributed by atoms with Gasteiger partial charge in [-0.2, -0.15) is 0 Å². The van der Waals surface area contributed by atoms with Crippen LogP contribution in [-0.2, 0) is 4.79 Å². The molecule has 0 radical (unpaired) electrons. The number of aliphatic imine (C=N–C) groups is 1. The monoisotopic (exact) mass is 308 g/mol. The molecular weight excluding hydrogens is 288 g/mol. The van der Waals surface area contributed by atoms with Crippen LogP contribution in [0.4, 0.5) is 0 Å². The van der Waals surface area contributed by atoms with Gasteiger partial charge in [0.25, 0.3) is 0 Å². The van der Waals surface area contributed by atoms with Crippen LogP contribution in [0.25, 0.3) is 0 Å². The van der Waals surface area contributed by atoms with Crippen LogP contribution in [-0.4, -0.2) is 24.3 Å². The maximum atomic E-state index is 11.5. The van der Waals surface area contributed by atoms with Crippen molar-refractivity contribution in [2.24, 2.45) is 16.6 Å². The van der Waals surface area contributed by atoms with E-state index in [0.717, 1.165) is 17.6 Å². The molecule has 2 rings (SSSR count). The van der Waals surface area contributed by atoms with Crippen LogP contribution in [0, 0.1) is 18.3 Å². The number of carbonyl (C=O) groups excluding carboxylic acids is 1. The number of amides is 1. The Kier molecular flexibility index (Phi) is 5.21. The second-order valence-electron chi connectivity index (χ2n) is 5.31. The highest BCUT2D eigenvalue weighted by atomic mass is 16.1. The highest BCUT2D eigenvalue weighted by molar-refractivity contribution is 6.07. The number of nitrogens with one attached hydrogen (secondary N) is 2. The number of nitrogens with zero attached hydrogens (tertiary/aromatic N) is 1. The first-order chi connectivity index (χ1) is 11.0. The smallest absolute Gasteiger partial charge is 0.247 e. The van der Waals surface area contributed by atoms with Gasteiger partial charge in [0.15, 0.2) is 6.04 Å². The van der Waals surface area contributed by atoms with Gasteiger partial charge in [0, 0.05) is 6.54 Å². The Labute approximate surface area is 136 Å². The summed E-state index contributed by atoms with van der Waals surface area (Å²) in [7, 11) is 0. The summed E-state index contributed by atoms with van der Waals surface area (Å²) in [5.41, 5.74) is 7.83. The van der Waals surface area contributed by atoms with Crippen LogP contribution in [0.1, 0.15) is 6.42 Å². The minimum absolute atomic E-state index is 0.297. The third-order valence-corrected chi connectivity index (χ3v) is 3.70. The molecule has 0 fully saturated rings. The molecule has 5 nitrogen and oxygen atoms in total. The number of terminal acetylenes is 1. The average molecular weight is 308 g/mol. The van der Waals surface area contributed by atoms with Gasteiger partial charge in [0.2, 0.25) is 5.91 Å². The number of carbonyl (C=O) groups is 1. The van der Waals surface area contributed by atoms with E-state index in [0.29, 0.717) is 24.0 Å². The fraction of sp³-hybridized carbons (Fsp3) is 0.222. The maximum Gasteiger partial charge on any atom is 0.247 e. The third-order valence-electron chi connectivity index (χ3n) is 3.70. The van der Waals surface area contributed by atoms with Crippen molar-refractivity contribution in [1.29, 1.82) is 0 Å². The number of rotatable bonds is 5. The van der Waals surface area contributed by atoms with Crippen molar-refractivity contribution in [1.82, 2.24) is 10.6 Å². The van der Waals surface area contributed by atoms with E-state index in [4.69, 9.17) is 12.2 Å². The van der Waals surface area contributed by atoms with Crippen molar-refractivity contribution in [2.75, 3.05) is 6.54 Å². The van der Waals surface area contributed by atoms with E-state index in [1.807, 2.05) is 6.08 Å². The number of hydrogen-bond donors (Lipinski definition) is 3. The Morgan fingerprint density at radius 1 is 1.65 bits per heavy atom. The molecule has 2 unspecified atom stereocenters. The van der Waals surface area contributed by atoms with Gasteiger partial charge in [0.05, 0.1) is 6.20 Å². The number of nitrogens with two attached hydrogens (primary N) is 1. The summed E-state index contributed by atoms with van der Waals surface area (Å²) in [6.45, 7) is 8.29. The van der Waals surface area contributed by atoms with E-state index in [2.05, 4.69) is 46.9 Å². The molecule has 0 saturated carbocycles. The quantitative estimate of drug-likeness (QED) is 0.526. The van der Waals surface area contributed by atoms with E-state index in [9.17, 15) is 4.79 Å². The predicted molar refractivity (Wildman–Crippen MR) is 93.1 cm³/mol. The molecule has 23 heavy (non-hydrogen) atoms. The molecule has 2 aliphatic rings. The van der Waals surface area contributed by atoms with Crippen LogP contribution in [0.5, 0.6) is 0 Å². The lowest BCUT2D eigenvalue weighted by Crippen LogP contribution is -2.53. The van der Waals surface area contributed by atoms with E-state index < -0.39 is 11.9 Å². The highest BCUT2D eigenvalue weighted by Gasteiger charge is 2.25. The Bertz CT molecular complexity index is 688. The standard InChI is InChI=1S/C18H20N4O/c1-4-12(3)14-8-6-13(7-9-14)10-20-18-16(17(19)23)22-15(5-2)11-21-18/h2,4,6,8-9,11,13,16,22H,1,3,7,10H2,(H2,19,23)(H,20,21). The lowest BCUT2D eigenvalue weighted by Gasteiger charge is -2.24. The number of hydrogen-bond acceptors (Lipinski definition) is 4. The SMILES string of the molecule is C#CC1=CN=C(NCC2C=CC(C(=C)C=C)=CC2)C(C(N)=O)N1. The van der Waals surface area contributed by atoms with Crippen LogP contribution in [0.2, 0.25) is 0 Å². The normalized spacial score (nSPS) is 22.7. The molecule has 118 valence electrons. The Balaban J connectivity index is 1.96. The number of amidine groups is 1. The lowest BCUT2D eigenvalue weighted by molar-refractivity contribution is -0.118. The Hall–Kier alpha value is -3.00. The van der Waals surface area contributed by atoms with E-state index >= 15 is 0 Å². The van der Waals surface area contributed by atoms with Crippen molar-refractivity contribution < 1.29 is 4.79 Å². The van der Waals surface area contributed by atoms with Gasteiger partial charge in [-0.05, 0) is 23.5 Å². The molecule has 1 aliphatic heterocycles. The van der Waals surface area contributed by atoms with Crippen molar-refractivity contribution in [3.8, 4) is 12.3 Å². The predicted octanol–water partition coefficient (Wildman–Crippen LogP) is 1.15. The summed E-state index contributed by atoms with van der Waals surface area (Å²) >= 11 is 0. The zero-order valence-corrected chi connectivity index (χ0v) is 12.9. The van der Waals surface area contributed by atoms with Gasteiger partial charge >= 0.3 is 0 Å². The van der Waals surface area contributed by atoms with Gasteiger partial charge < -0.3 is 16.4 Å². The molecule has 0 saturated heterocycles. The van der Waals surface area contributed by atoms with Crippen LogP contribution in [0.15, 0.2) is 65.5 Å². The summed E-state index contributed by atoms with van der Waals surface area (Å²) in [5, 5.41) is 6.05. The minimum Gasteiger partial charge on any atom is -0.371 e. The Morgan fingerprint density at radius 2 is 2.43 bits per heavy atom. The van der Waals surface area contributed by atoms with Gasteiger partial charge in [0.1, 0.15) is 11.5 Å². The first-order valence-corrected chi connectivity index (χ1v) is 7.29. The topological polar surface area (TPSA) is 79.5 Å². The fourth-order valence-corrected chi connectivity index (χ4v) is 2.31. The third kappa shape index (κ3) is 4.01. The second kappa shape index (κ2) is 7.32. The fourth-order valence-electron chi connectivity index (χ4n) is 2.31. The van der Waals surface area contributed by atoms with E-state index in [1.165, 1.54) is 6.20 Å². The Morgan fingerprint density at radius 3 is 3.00 bits per heavy atom. The van der Waals surface area contributed by atoms with Crippen molar-refractivity contribution in [2.45, 2.75) is 12.5 Å². The van der Waals surface area contributed by atoms with Crippen molar-refractivity contribution >= 4 is 11.7 Å². The molecule has 5 heteroatoms. The molecule has 0 aromatic carbocycles. The zero-order chi connectivity index (χ0) is 16.8.